The molecule has 0 saturated carbocycles. The molecule has 0 amide bonds. The van der Waals surface area contributed by atoms with Crippen molar-refractivity contribution in [2.24, 2.45) is 5.41 Å². The van der Waals surface area contributed by atoms with E-state index in [1.807, 2.05) is 19.1 Å². The van der Waals surface area contributed by atoms with Crippen LogP contribution in [0.25, 0.3) is 5.69 Å². The topological polar surface area (TPSA) is 75.9 Å². The first-order chi connectivity index (χ1) is 9.58. The van der Waals surface area contributed by atoms with Crippen molar-refractivity contribution in [3.8, 4) is 5.69 Å². The Morgan fingerprint density at radius 2 is 2.20 bits per heavy atom. The van der Waals surface area contributed by atoms with Crippen LogP contribution in [0.2, 0.25) is 0 Å². The lowest BCUT2D eigenvalue weighted by Gasteiger charge is -2.26. The first kappa shape index (κ1) is 14.5. The normalized spacial score (nSPS) is 14.0. The number of benzene rings is 1. The van der Waals surface area contributed by atoms with E-state index in [0.717, 1.165) is 29.9 Å². The SMILES string of the molecule is CCC(C)(CO)CNc1ccc(-n2cnnn2)c(C)c1. The van der Waals surface area contributed by atoms with Crippen molar-refractivity contribution in [1.29, 1.82) is 0 Å². The van der Waals surface area contributed by atoms with Crippen LogP contribution in [0, 0.1) is 12.3 Å². The van der Waals surface area contributed by atoms with Crippen LogP contribution in [0.1, 0.15) is 25.8 Å². The van der Waals surface area contributed by atoms with E-state index in [-0.39, 0.29) is 12.0 Å². The maximum Gasteiger partial charge on any atom is 0.143 e. The van der Waals surface area contributed by atoms with Gasteiger partial charge in [-0.25, -0.2) is 4.68 Å². The molecule has 0 aliphatic rings. The fourth-order valence-corrected chi connectivity index (χ4v) is 1.90. The highest BCUT2D eigenvalue weighted by atomic mass is 16.3. The van der Waals surface area contributed by atoms with E-state index in [4.69, 9.17) is 0 Å². The Hall–Kier alpha value is -1.95. The number of tetrazole rings is 1. The molecule has 0 spiro atoms. The number of aliphatic hydroxyl groups is 1. The smallest absolute Gasteiger partial charge is 0.143 e. The molecule has 1 unspecified atom stereocenters. The number of anilines is 1. The van der Waals surface area contributed by atoms with Crippen molar-refractivity contribution < 1.29 is 5.11 Å². The third-order valence-corrected chi connectivity index (χ3v) is 3.75. The van der Waals surface area contributed by atoms with E-state index < -0.39 is 0 Å². The molecule has 0 aliphatic carbocycles. The Balaban J connectivity index is 2.10. The summed E-state index contributed by atoms with van der Waals surface area (Å²) in [6.07, 6.45) is 2.51. The van der Waals surface area contributed by atoms with Gasteiger partial charge in [0.25, 0.3) is 0 Å². The first-order valence-electron chi connectivity index (χ1n) is 6.77. The average Bonchev–Trinajstić information content (AvgIpc) is 2.99. The Morgan fingerprint density at radius 3 is 2.75 bits per heavy atom. The summed E-state index contributed by atoms with van der Waals surface area (Å²) in [5.74, 6) is 0. The van der Waals surface area contributed by atoms with Crippen LogP contribution in [0.15, 0.2) is 24.5 Å². The van der Waals surface area contributed by atoms with Gasteiger partial charge in [-0.3, -0.25) is 0 Å². The van der Waals surface area contributed by atoms with Gasteiger partial charge < -0.3 is 10.4 Å². The maximum absolute atomic E-state index is 9.42. The van der Waals surface area contributed by atoms with Crippen molar-refractivity contribution in [2.45, 2.75) is 27.2 Å². The van der Waals surface area contributed by atoms with Gasteiger partial charge in [0.05, 0.1) is 12.3 Å². The highest BCUT2D eigenvalue weighted by molar-refractivity contribution is 5.53. The van der Waals surface area contributed by atoms with Crippen molar-refractivity contribution in [2.75, 3.05) is 18.5 Å². The number of hydrogen-bond acceptors (Lipinski definition) is 5. The van der Waals surface area contributed by atoms with Crippen molar-refractivity contribution >= 4 is 5.69 Å². The second-order valence-electron chi connectivity index (χ2n) is 5.43. The Bertz CT molecular complexity index is 549. The molecular formula is C14H21N5O. The second-order valence-corrected chi connectivity index (χ2v) is 5.43. The average molecular weight is 275 g/mol. The number of aromatic nitrogens is 4. The maximum atomic E-state index is 9.42. The lowest BCUT2D eigenvalue weighted by Crippen LogP contribution is -2.29. The molecule has 0 bridgehead atoms. The van der Waals surface area contributed by atoms with Gasteiger partial charge in [-0.05, 0) is 47.5 Å². The zero-order valence-corrected chi connectivity index (χ0v) is 12.2. The van der Waals surface area contributed by atoms with Crippen LogP contribution in [-0.2, 0) is 0 Å². The van der Waals surface area contributed by atoms with Crippen LogP contribution < -0.4 is 5.32 Å². The standard InChI is InChI=1S/C14H21N5O/c1-4-14(3,9-20)8-15-12-5-6-13(11(2)7-12)19-10-16-17-18-19/h5-7,10,15,20H,4,8-9H2,1-3H3. The molecule has 1 heterocycles. The number of nitrogens with zero attached hydrogens (tertiary/aromatic N) is 4. The summed E-state index contributed by atoms with van der Waals surface area (Å²) in [5, 5.41) is 24.0. The van der Waals surface area contributed by atoms with Crippen LogP contribution in [-0.4, -0.2) is 38.5 Å². The first-order valence-corrected chi connectivity index (χ1v) is 6.77. The molecule has 20 heavy (non-hydrogen) atoms. The minimum absolute atomic E-state index is 0.0948. The fraction of sp³-hybridized carbons (Fsp3) is 0.500. The molecule has 0 fully saturated rings. The molecule has 0 saturated heterocycles. The second kappa shape index (κ2) is 6.00. The van der Waals surface area contributed by atoms with E-state index in [1.54, 1.807) is 11.0 Å². The highest BCUT2D eigenvalue weighted by Gasteiger charge is 2.20. The van der Waals surface area contributed by atoms with E-state index in [1.165, 1.54) is 0 Å². The zero-order chi connectivity index (χ0) is 14.6. The summed E-state index contributed by atoms with van der Waals surface area (Å²) in [7, 11) is 0. The number of aryl methyl sites for hydroxylation is 1. The van der Waals surface area contributed by atoms with Gasteiger partial charge in [0.15, 0.2) is 0 Å². The quantitative estimate of drug-likeness (QED) is 0.840. The molecule has 0 radical (unpaired) electrons. The van der Waals surface area contributed by atoms with Gasteiger partial charge in [-0.15, -0.1) is 5.10 Å². The van der Waals surface area contributed by atoms with Crippen molar-refractivity contribution in [3.63, 3.8) is 0 Å². The zero-order valence-electron chi connectivity index (χ0n) is 12.2. The predicted octanol–water partition coefficient (Wildman–Crippen LogP) is 1.79. The molecule has 2 N–H and O–H groups in total. The molecule has 1 aromatic heterocycles. The van der Waals surface area contributed by atoms with Crippen LogP contribution in [0.3, 0.4) is 0 Å². The molecule has 2 aromatic rings. The molecule has 6 nitrogen and oxygen atoms in total. The van der Waals surface area contributed by atoms with Crippen LogP contribution in [0.4, 0.5) is 5.69 Å². The summed E-state index contributed by atoms with van der Waals surface area (Å²) >= 11 is 0. The van der Waals surface area contributed by atoms with Gasteiger partial charge in [-0.1, -0.05) is 13.8 Å². The Morgan fingerprint density at radius 1 is 1.40 bits per heavy atom. The van der Waals surface area contributed by atoms with Crippen molar-refractivity contribution in [3.05, 3.63) is 30.1 Å². The summed E-state index contributed by atoms with van der Waals surface area (Å²) in [6.45, 7) is 7.10. The monoisotopic (exact) mass is 275 g/mol. The van der Waals surface area contributed by atoms with E-state index >= 15 is 0 Å². The molecule has 108 valence electrons. The van der Waals surface area contributed by atoms with E-state index in [9.17, 15) is 5.11 Å². The summed E-state index contributed by atoms with van der Waals surface area (Å²) in [4.78, 5) is 0. The predicted molar refractivity (Wildman–Crippen MR) is 77.9 cm³/mol. The molecule has 1 aromatic carbocycles. The third-order valence-electron chi connectivity index (χ3n) is 3.75. The minimum atomic E-state index is -0.0948. The van der Waals surface area contributed by atoms with Gasteiger partial charge in [0.1, 0.15) is 6.33 Å². The highest BCUT2D eigenvalue weighted by Crippen LogP contribution is 2.23. The molecule has 0 aliphatic heterocycles. The number of rotatable bonds is 6. The minimum Gasteiger partial charge on any atom is -0.396 e. The Kier molecular flexibility index (Phi) is 4.34. The van der Waals surface area contributed by atoms with E-state index in [2.05, 4.69) is 40.8 Å². The number of hydrogen-bond donors (Lipinski definition) is 2. The molecule has 1 atom stereocenters. The van der Waals surface area contributed by atoms with Crippen LogP contribution >= 0.6 is 0 Å². The molecule has 2 rings (SSSR count). The Labute approximate surface area is 118 Å². The molecular weight excluding hydrogens is 254 g/mol. The summed E-state index contributed by atoms with van der Waals surface area (Å²) in [6, 6.07) is 6.04. The summed E-state index contributed by atoms with van der Waals surface area (Å²) in [5.41, 5.74) is 2.99. The largest absolute Gasteiger partial charge is 0.396 e. The third kappa shape index (κ3) is 3.14. The fourth-order valence-electron chi connectivity index (χ4n) is 1.90. The lowest BCUT2D eigenvalue weighted by atomic mass is 9.88. The van der Waals surface area contributed by atoms with Gasteiger partial charge in [-0.2, -0.15) is 0 Å². The summed E-state index contributed by atoms with van der Waals surface area (Å²) < 4.78 is 1.64. The van der Waals surface area contributed by atoms with Crippen LogP contribution in [0.5, 0.6) is 0 Å². The van der Waals surface area contributed by atoms with Gasteiger partial charge >= 0.3 is 0 Å². The number of aliphatic hydroxyl groups excluding tert-OH is 1. The lowest BCUT2D eigenvalue weighted by molar-refractivity contribution is 0.149. The van der Waals surface area contributed by atoms with E-state index in [0.29, 0.717) is 0 Å². The molecule has 6 heteroatoms. The van der Waals surface area contributed by atoms with Gasteiger partial charge in [0, 0.05) is 17.6 Å². The number of nitrogens with one attached hydrogen (secondary N) is 1. The van der Waals surface area contributed by atoms with Crippen molar-refractivity contribution in [1.82, 2.24) is 20.2 Å². The van der Waals surface area contributed by atoms with Gasteiger partial charge in [0.2, 0.25) is 0 Å².